The SMILES string of the molecule is BrCCCCCCc1cnc2ccc3ccccc3c2n1. The van der Waals surface area contributed by atoms with Crippen molar-refractivity contribution < 1.29 is 0 Å². The fourth-order valence-electron chi connectivity index (χ4n) is 2.66. The second-order valence-electron chi connectivity index (χ2n) is 5.37. The molecule has 0 saturated carbocycles. The van der Waals surface area contributed by atoms with E-state index in [1.807, 2.05) is 6.20 Å². The molecule has 1 heterocycles. The predicted octanol–water partition coefficient (Wildman–Crippen LogP) is 5.28. The molecule has 3 rings (SSSR count). The van der Waals surface area contributed by atoms with Crippen LogP contribution in [-0.2, 0) is 6.42 Å². The molecule has 0 saturated heterocycles. The Hall–Kier alpha value is -1.48. The Morgan fingerprint density at radius 3 is 2.67 bits per heavy atom. The van der Waals surface area contributed by atoms with Crippen LogP contribution in [0.4, 0.5) is 0 Å². The highest BCUT2D eigenvalue weighted by molar-refractivity contribution is 9.09. The first kappa shape index (κ1) is 14.5. The molecule has 2 aromatic carbocycles. The molecule has 0 radical (unpaired) electrons. The topological polar surface area (TPSA) is 25.8 Å². The fraction of sp³-hybridized carbons (Fsp3) is 0.333. The largest absolute Gasteiger partial charge is 0.253 e. The molecule has 3 heteroatoms. The Morgan fingerprint density at radius 1 is 0.905 bits per heavy atom. The number of aromatic nitrogens is 2. The van der Waals surface area contributed by atoms with Crippen LogP contribution in [0.1, 0.15) is 31.4 Å². The lowest BCUT2D eigenvalue weighted by Crippen LogP contribution is -1.94. The molecule has 0 bridgehead atoms. The first-order valence-electron chi connectivity index (χ1n) is 7.58. The summed E-state index contributed by atoms with van der Waals surface area (Å²) in [5.41, 5.74) is 3.13. The molecule has 0 atom stereocenters. The van der Waals surface area contributed by atoms with E-state index in [2.05, 4.69) is 57.3 Å². The molecule has 0 amide bonds. The van der Waals surface area contributed by atoms with E-state index in [1.54, 1.807) is 0 Å². The highest BCUT2D eigenvalue weighted by atomic mass is 79.9. The molecule has 3 aromatic rings. The predicted molar refractivity (Wildman–Crippen MR) is 93.0 cm³/mol. The maximum atomic E-state index is 4.85. The van der Waals surface area contributed by atoms with Gasteiger partial charge in [0.25, 0.3) is 0 Å². The summed E-state index contributed by atoms with van der Waals surface area (Å²) in [5, 5.41) is 3.53. The van der Waals surface area contributed by atoms with E-state index in [9.17, 15) is 0 Å². The average molecular weight is 343 g/mol. The second kappa shape index (κ2) is 6.99. The lowest BCUT2D eigenvalue weighted by atomic mass is 10.1. The lowest BCUT2D eigenvalue weighted by molar-refractivity contribution is 0.665. The van der Waals surface area contributed by atoms with Crippen molar-refractivity contribution in [3.63, 3.8) is 0 Å². The minimum absolute atomic E-state index is 0.983. The van der Waals surface area contributed by atoms with Gasteiger partial charge in [-0.2, -0.15) is 0 Å². The van der Waals surface area contributed by atoms with Crippen LogP contribution in [0.25, 0.3) is 21.8 Å². The average Bonchev–Trinajstić information content (AvgIpc) is 2.54. The van der Waals surface area contributed by atoms with Gasteiger partial charge in [0.05, 0.1) is 16.7 Å². The monoisotopic (exact) mass is 342 g/mol. The van der Waals surface area contributed by atoms with E-state index < -0.39 is 0 Å². The van der Waals surface area contributed by atoms with E-state index in [1.165, 1.54) is 36.5 Å². The lowest BCUT2D eigenvalue weighted by Gasteiger charge is -2.05. The Kier molecular flexibility index (Phi) is 4.81. The third-order valence-electron chi connectivity index (χ3n) is 3.80. The van der Waals surface area contributed by atoms with Gasteiger partial charge in [-0.3, -0.25) is 4.98 Å². The Bertz CT molecular complexity index is 739. The van der Waals surface area contributed by atoms with Crippen LogP contribution < -0.4 is 0 Å². The summed E-state index contributed by atoms with van der Waals surface area (Å²) >= 11 is 3.47. The van der Waals surface area contributed by atoms with Gasteiger partial charge < -0.3 is 0 Å². The van der Waals surface area contributed by atoms with Crippen molar-refractivity contribution in [1.82, 2.24) is 9.97 Å². The van der Waals surface area contributed by atoms with Crippen molar-refractivity contribution in [1.29, 1.82) is 0 Å². The van der Waals surface area contributed by atoms with Gasteiger partial charge in [0.1, 0.15) is 0 Å². The smallest absolute Gasteiger partial charge is 0.0968 e. The highest BCUT2D eigenvalue weighted by Gasteiger charge is 2.04. The molecule has 2 nitrogen and oxygen atoms in total. The summed E-state index contributed by atoms with van der Waals surface area (Å²) in [5.74, 6) is 0. The number of fused-ring (bicyclic) bond motifs is 3. The van der Waals surface area contributed by atoms with Crippen molar-refractivity contribution in [3.05, 3.63) is 48.3 Å². The van der Waals surface area contributed by atoms with E-state index in [4.69, 9.17) is 4.98 Å². The number of nitrogens with zero attached hydrogens (tertiary/aromatic N) is 2. The fourth-order valence-corrected chi connectivity index (χ4v) is 3.05. The van der Waals surface area contributed by atoms with Gasteiger partial charge >= 0.3 is 0 Å². The van der Waals surface area contributed by atoms with Crippen molar-refractivity contribution in [2.24, 2.45) is 0 Å². The summed E-state index contributed by atoms with van der Waals surface area (Å²) in [4.78, 5) is 9.43. The maximum absolute atomic E-state index is 4.85. The number of unbranched alkanes of at least 4 members (excludes halogenated alkanes) is 3. The summed E-state index contributed by atoms with van der Waals surface area (Å²) in [6.45, 7) is 0. The molecule has 0 fully saturated rings. The third kappa shape index (κ3) is 3.41. The number of alkyl halides is 1. The first-order chi connectivity index (χ1) is 10.4. The van der Waals surface area contributed by atoms with Gasteiger partial charge in [-0.05, 0) is 30.7 Å². The third-order valence-corrected chi connectivity index (χ3v) is 4.36. The van der Waals surface area contributed by atoms with Crippen molar-refractivity contribution >= 4 is 37.7 Å². The molecular formula is C18H19BrN2. The number of benzene rings is 2. The van der Waals surface area contributed by atoms with Gasteiger partial charge in [0, 0.05) is 16.9 Å². The van der Waals surface area contributed by atoms with Gasteiger partial charge in [-0.15, -0.1) is 0 Å². The van der Waals surface area contributed by atoms with Crippen LogP contribution in [0.3, 0.4) is 0 Å². The van der Waals surface area contributed by atoms with E-state index >= 15 is 0 Å². The Balaban J connectivity index is 1.83. The van der Waals surface area contributed by atoms with E-state index in [0.717, 1.165) is 28.5 Å². The van der Waals surface area contributed by atoms with Crippen molar-refractivity contribution in [3.8, 4) is 0 Å². The Labute approximate surface area is 133 Å². The first-order valence-corrected chi connectivity index (χ1v) is 8.70. The zero-order chi connectivity index (χ0) is 14.5. The van der Waals surface area contributed by atoms with Gasteiger partial charge in [0.2, 0.25) is 0 Å². The minimum Gasteiger partial charge on any atom is -0.253 e. The van der Waals surface area contributed by atoms with Gasteiger partial charge in [-0.1, -0.05) is 59.1 Å². The zero-order valence-corrected chi connectivity index (χ0v) is 13.6. The normalized spacial score (nSPS) is 11.3. The number of halogens is 1. The van der Waals surface area contributed by atoms with Crippen LogP contribution >= 0.6 is 15.9 Å². The molecule has 21 heavy (non-hydrogen) atoms. The minimum atomic E-state index is 0.983. The summed E-state index contributed by atoms with van der Waals surface area (Å²) < 4.78 is 0. The number of rotatable bonds is 6. The number of aryl methyl sites for hydroxylation is 1. The van der Waals surface area contributed by atoms with Crippen LogP contribution in [-0.4, -0.2) is 15.3 Å². The number of hydrogen-bond acceptors (Lipinski definition) is 2. The molecule has 0 aliphatic carbocycles. The standard InChI is InChI=1S/C18H19BrN2/c19-12-6-2-1-3-8-15-13-20-17-11-10-14-7-4-5-9-16(14)18(17)21-15/h4-5,7,9-11,13H,1-3,6,8,12H2. The van der Waals surface area contributed by atoms with Gasteiger partial charge in [-0.25, -0.2) is 4.98 Å². The highest BCUT2D eigenvalue weighted by Crippen LogP contribution is 2.22. The molecule has 0 spiro atoms. The van der Waals surface area contributed by atoms with Crippen molar-refractivity contribution in [2.75, 3.05) is 5.33 Å². The van der Waals surface area contributed by atoms with Crippen molar-refractivity contribution in [2.45, 2.75) is 32.1 Å². The maximum Gasteiger partial charge on any atom is 0.0968 e. The molecular weight excluding hydrogens is 324 g/mol. The Morgan fingerprint density at radius 2 is 1.76 bits per heavy atom. The summed E-state index contributed by atoms with van der Waals surface area (Å²) in [6, 6.07) is 12.6. The second-order valence-corrected chi connectivity index (χ2v) is 6.16. The molecule has 0 N–H and O–H groups in total. The van der Waals surface area contributed by atoms with Crippen LogP contribution in [0, 0.1) is 0 Å². The van der Waals surface area contributed by atoms with Crippen LogP contribution in [0.5, 0.6) is 0 Å². The zero-order valence-electron chi connectivity index (χ0n) is 12.1. The number of hydrogen-bond donors (Lipinski definition) is 0. The molecule has 108 valence electrons. The van der Waals surface area contributed by atoms with Crippen LogP contribution in [0.2, 0.25) is 0 Å². The summed E-state index contributed by atoms with van der Waals surface area (Å²) in [7, 11) is 0. The van der Waals surface area contributed by atoms with Crippen LogP contribution in [0.15, 0.2) is 42.6 Å². The molecule has 1 aromatic heterocycles. The van der Waals surface area contributed by atoms with Gasteiger partial charge in [0.15, 0.2) is 0 Å². The molecule has 0 unspecified atom stereocenters. The molecule has 0 aliphatic rings. The van der Waals surface area contributed by atoms with E-state index in [-0.39, 0.29) is 0 Å². The quantitative estimate of drug-likeness (QED) is 0.346. The van der Waals surface area contributed by atoms with E-state index in [0.29, 0.717) is 0 Å². The molecule has 0 aliphatic heterocycles. The summed E-state index contributed by atoms with van der Waals surface area (Å²) in [6.07, 6.45) is 7.96.